The van der Waals surface area contributed by atoms with E-state index < -0.39 is 0 Å². The van der Waals surface area contributed by atoms with Crippen LogP contribution in [0.15, 0.2) is 30.3 Å². The molecule has 0 saturated carbocycles. The number of nitrogens with zero attached hydrogens (tertiary/aromatic N) is 1. The van der Waals surface area contributed by atoms with Crippen LogP contribution in [-0.4, -0.2) is 43.0 Å². The first-order valence-electron chi connectivity index (χ1n) is 9.04. The van der Waals surface area contributed by atoms with E-state index in [1.807, 2.05) is 0 Å². The third-order valence-corrected chi connectivity index (χ3v) is 5.22. The van der Waals surface area contributed by atoms with Crippen LogP contribution in [0.5, 0.6) is 0 Å². The summed E-state index contributed by atoms with van der Waals surface area (Å²) in [6, 6.07) is 10.9. The van der Waals surface area contributed by atoms with Crippen LogP contribution in [-0.2, 0) is 4.79 Å². The maximum Gasteiger partial charge on any atom is 0.237 e. The van der Waals surface area contributed by atoms with Gasteiger partial charge in [0.1, 0.15) is 0 Å². The Morgan fingerprint density at radius 3 is 2.67 bits per heavy atom. The van der Waals surface area contributed by atoms with E-state index in [1.54, 1.807) is 0 Å². The van der Waals surface area contributed by atoms with Crippen molar-refractivity contribution >= 4 is 18.3 Å². The largest absolute Gasteiger partial charge is 0.353 e. The van der Waals surface area contributed by atoms with Crippen LogP contribution in [0.1, 0.15) is 44.2 Å². The van der Waals surface area contributed by atoms with Gasteiger partial charge in [-0.15, -0.1) is 12.4 Å². The van der Waals surface area contributed by atoms with Gasteiger partial charge in [0.25, 0.3) is 0 Å². The zero-order valence-electron chi connectivity index (χ0n) is 14.5. The number of likely N-dealkylation sites (tertiary alicyclic amines) is 1. The van der Waals surface area contributed by atoms with Crippen LogP contribution in [0.2, 0.25) is 0 Å². The monoisotopic (exact) mass is 351 g/mol. The third-order valence-electron chi connectivity index (χ3n) is 5.22. The predicted molar refractivity (Wildman–Crippen MR) is 100 cm³/mol. The SMILES string of the molecule is CC1CCNC(C(=O)NCC(c2ccccc2)N2CCCC2)C1.Cl. The summed E-state index contributed by atoms with van der Waals surface area (Å²) in [4.78, 5) is 15.0. The van der Waals surface area contributed by atoms with Crippen molar-refractivity contribution in [1.29, 1.82) is 0 Å². The van der Waals surface area contributed by atoms with Crippen molar-refractivity contribution in [1.82, 2.24) is 15.5 Å². The minimum Gasteiger partial charge on any atom is -0.353 e. The molecule has 134 valence electrons. The Kier molecular flexibility index (Phi) is 7.53. The second-order valence-electron chi connectivity index (χ2n) is 7.05. The molecule has 3 rings (SSSR count). The highest BCUT2D eigenvalue weighted by atomic mass is 35.5. The maximum atomic E-state index is 12.5. The van der Waals surface area contributed by atoms with Crippen molar-refractivity contribution in [2.24, 2.45) is 5.92 Å². The Hall–Kier alpha value is -1.10. The zero-order chi connectivity index (χ0) is 16.1. The van der Waals surface area contributed by atoms with Gasteiger partial charge in [-0.25, -0.2) is 0 Å². The van der Waals surface area contributed by atoms with Crippen LogP contribution >= 0.6 is 12.4 Å². The van der Waals surface area contributed by atoms with Gasteiger partial charge < -0.3 is 10.6 Å². The second-order valence-corrected chi connectivity index (χ2v) is 7.05. The smallest absolute Gasteiger partial charge is 0.237 e. The summed E-state index contributed by atoms with van der Waals surface area (Å²) in [5.41, 5.74) is 1.31. The number of halogens is 1. The summed E-state index contributed by atoms with van der Waals surface area (Å²) in [6.45, 7) is 6.16. The fourth-order valence-electron chi connectivity index (χ4n) is 3.81. The highest BCUT2D eigenvalue weighted by Crippen LogP contribution is 2.24. The first-order chi connectivity index (χ1) is 11.2. The molecule has 2 heterocycles. The van der Waals surface area contributed by atoms with Crippen molar-refractivity contribution in [3.8, 4) is 0 Å². The summed E-state index contributed by atoms with van der Waals surface area (Å²) >= 11 is 0. The van der Waals surface area contributed by atoms with E-state index in [2.05, 4.69) is 52.8 Å². The number of hydrogen-bond donors (Lipinski definition) is 2. The quantitative estimate of drug-likeness (QED) is 0.857. The summed E-state index contributed by atoms with van der Waals surface area (Å²) in [5.74, 6) is 0.798. The Balaban J connectivity index is 0.00000208. The van der Waals surface area contributed by atoms with Gasteiger partial charge in [-0.3, -0.25) is 9.69 Å². The van der Waals surface area contributed by atoms with E-state index in [-0.39, 0.29) is 24.4 Å². The molecule has 2 aliphatic rings. The van der Waals surface area contributed by atoms with E-state index in [0.717, 1.165) is 26.1 Å². The van der Waals surface area contributed by atoms with Crippen molar-refractivity contribution in [2.45, 2.75) is 44.7 Å². The molecule has 1 amide bonds. The molecule has 0 bridgehead atoms. The van der Waals surface area contributed by atoms with E-state index >= 15 is 0 Å². The molecular formula is C19H30ClN3O. The maximum absolute atomic E-state index is 12.5. The zero-order valence-corrected chi connectivity index (χ0v) is 15.4. The van der Waals surface area contributed by atoms with Gasteiger partial charge in [0.2, 0.25) is 5.91 Å². The second kappa shape index (κ2) is 9.40. The molecule has 1 aromatic rings. The molecular weight excluding hydrogens is 322 g/mol. The first-order valence-corrected chi connectivity index (χ1v) is 9.04. The number of carbonyl (C=O) groups excluding carboxylic acids is 1. The Labute approximate surface area is 151 Å². The molecule has 1 aromatic carbocycles. The average Bonchev–Trinajstić information content (AvgIpc) is 3.10. The Morgan fingerprint density at radius 2 is 2.00 bits per heavy atom. The molecule has 3 unspecified atom stereocenters. The van der Waals surface area contributed by atoms with E-state index in [0.29, 0.717) is 18.5 Å². The predicted octanol–water partition coefficient (Wildman–Crippen LogP) is 2.75. The fourth-order valence-corrected chi connectivity index (χ4v) is 3.81. The number of benzene rings is 1. The first kappa shape index (κ1) is 19.2. The molecule has 4 nitrogen and oxygen atoms in total. The van der Waals surface area contributed by atoms with Crippen LogP contribution < -0.4 is 10.6 Å². The lowest BCUT2D eigenvalue weighted by Gasteiger charge is -2.31. The van der Waals surface area contributed by atoms with E-state index in [4.69, 9.17) is 0 Å². The highest BCUT2D eigenvalue weighted by molar-refractivity contribution is 5.85. The molecule has 0 radical (unpaired) electrons. The normalized spacial score (nSPS) is 25.7. The van der Waals surface area contributed by atoms with E-state index in [1.165, 1.54) is 24.8 Å². The van der Waals surface area contributed by atoms with Crippen molar-refractivity contribution < 1.29 is 4.79 Å². The summed E-state index contributed by atoms with van der Waals surface area (Å²) in [5, 5.41) is 6.56. The number of rotatable bonds is 5. The van der Waals surface area contributed by atoms with Crippen LogP contribution in [0.4, 0.5) is 0 Å². The van der Waals surface area contributed by atoms with Crippen LogP contribution in [0, 0.1) is 5.92 Å². The van der Waals surface area contributed by atoms with Crippen molar-refractivity contribution in [2.75, 3.05) is 26.2 Å². The number of amides is 1. The molecule has 24 heavy (non-hydrogen) atoms. The van der Waals surface area contributed by atoms with Gasteiger partial charge in [-0.1, -0.05) is 37.3 Å². The van der Waals surface area contributed by atoms with Crippen molar-refractivity contribution in [3.05, 3.63) is 35.9 Å². The van der Waals surface area contributed by atoms with Gasteiger partial charge >= 0.3 is 0 Å². The Bertz CT molecular complexity index is 505. The highest BCUT2D eigenvalue weighted by Gasteiger charge is 2.27. The van der Waals surface area contributed by atoms with Crippen LogP contribution in [0.25, 0.3) is 0 Å². The van der Waals surface area contributed by atoms with Gasteiger partial charge in [-0.2, -0.15) is 0 Å². The lowest BCUT2D eigenvalue weighted by atomic mass is 9.94. The fraction of sp³-hybridized carbons (Fsp3) is 0.632. The number of carbonyl (C=O) groups is 1. The molecule has 0 aromatic heterocycles. The molecule has 0 spiro atoms. The minimum atomic E-state index is -0.0197. The molecule has 5 heteroatoms. The lowest BCUT2D eigenvalue weighted by molar-refractivity contribution is -0.124. The van der Waals surface area contributed by atoms with Gasteiger partial charge in [0, 0.05) is 6.54 Å². The summed E-state index contributed by atoms with van der Waals surface area (Å²) in [7, 11) is 0. The van der Waals surface area contributed by atoms with Gasteiger partial charge in [0.15, 0.2) is 0 Å². The standard InChI is InChI=1S/C19H29N3O.ClH/c1-15-9-10-20-17(13-15)19(23)21-14-18(22-11-5-6-12-22)16-7-3-2-4-8-16;/h2-4,7-8,15,17-18,20H,5-6,9-14H2,1H3,(H,21,23);1H. The Morgan fingerprint density at radius 1 is 1.29 bits per heavy atom. The topological polar surface area (TPSA) is 44.4 Å². The number of nitrogens with one attached hydrogen (secondary N) is 2. The minimum absolute atomic E-state index is 0. The molecule has 0 aliphatic carbocycles. The van der Waals surface area contributed by atoms with Gasteiger partial charge in [-0.05, 0) is 56.8 Å². The summed E-state index contributed by atoms with van der Waals surface area (Å²) in [6.07, 6.45) is 4.65. The molecule has 2 saturated heterocycles. The number of hydrogen-bond acceptors (Lipinski definition) is 3. The molecule has 2 fully saturated rings. The van der Waals surface area contributed by atoms with E-state index in [9.17, 15) is 4.79 Å². The number of piperidine rings is 1. The molecule has 3 atom stereocenters. The summed E-state index contributed by atoms with van der Waals surface area (Å²) < 4.78 is 0. The van der Waals surface area contributed by atoms with Crippen molar-refractivity contribution in [3.63, 3.8) is 0 Å². The third kappa shape index (κ3) is 4.95. The van der Waals surface area contributed by atoms with Gasteiger partial charge in [0.05, 0.1) is 12.1 Å². The molecule has 2 N–H and O–H groups in total. The lowest BCUT2D eigenvalue weighted by Crippen LogP contribution is -2.50. The average molecular weight is 352 g/mol. The molecule has 2 aliphatic heterocycles. The van der Waals surface area contributed by atoms with Crippen LogP contribution in [0.3, 0.4) is 0 Å².